The average Bonchev–Trinajstić information content (AvgIpc) is 3.20. The second-order valence-corrected chi connectivity index (χ2v) is 6.56. The molecule has 4 rings (SSSR count). The van der Waals surface area contributed by atoms with Crippen molar-refractivity contribution in [2.45, 2.75) is 24.5 Å². The third-order valence-electron chi connectivity index (χ3n) is 4.82. The number of pyridine rings is 1. The van der Waals surface area contributed by atoms with E-state index in [9.17, 15) is 15.3 Å². The summed E-state index contributed by atoms with van der Waals surface area (Å²) in [6.07, 6.45) is 3.16. The molecule has 0 amide bonds. The number of benzene rings is 1. The molecule has 27 heavy (non-hydrogen) atoms. The minimum absolute atomic E-state index is 0.385. The molecule has 1 fully saturated rings. The topological polar surface area (TPSA) is 114 Å². The number of hydrogen-bond donors (Lipinski definition) is 4. The van der Waals surface area contributed by atoms with Crippen LogP contribution in [-0.4, -0.2) is 49.8 Å². The van der Waals surface area contributed by atoms with Crippen LogP contribution < -0.4 is 5.73 Å². The van der Waals surface area contributed by atoms with Crippen LogP contribution in [0.2, 0.25) is 0 Å². The van der Waals surface area contributed by atoms with Crippen molar-refractivity contribution in [1.82, 2.24) is 9.55 Å². The summed E-state index contributed by atoms with van der Waals surface area (Å²) in [4.78, 5) is 4.39. The Bertz CT molecular complexity index is 970. The zero-order valence-electron chi connectivity index (χ0n) is 14.5. The SMILES string of the molecule is Nc1ccnc2c1c(/C=C/c1ccccc1)cn2[C@@H]1O[C@H](CO)[C@@H](O)[C@H]1O. The van der Waals surface area contributed by atoms with E-state index in [2.05, 4.69) is 4.98 Å². The van der Waals surface area contributed by atoms with Crippen LogP contribution >= 0.6 is 0 Å². The lowest BCUT2D eigenvalue weighted by molar-refractivity contribution is -0.0508. The Morgan fingerprint density at radius 2 is 1.89 bits per heavy atom. The molecular formula is C20H21N3O4. The smallest absolute Gasteiger partial charge is 0.164 e. The van der Waals surface area contributed by atoms with Gasteiger partial charge in [0.2, 0.25) is 0 Å². The molecule has 3 heterocycles. The highest BCUT2D eigenvalue weighted by Crippen LogP contribution is 2.35. The Hall–Kier alpha value is -2.71. The number of hydrogen-bond acceptors (Lipinski definition) is 6. The first-order valence-electron chi connectivity index (χ1n) is 8.70. The zero-order valence-corrected chi connectivity index (χ0v) is 14.5. The van der Waals surface area contributed by atoms with E-state index in [4.69, 9.17) is 10.5 Å². The standard InChI is InChI=1S/C20H21N3O4/c21-14-8-9-22-19-16(14)13(7-6-12-4-2-1-3-5-12)10-23(19)20-18(26)17(25)15(11-24)27-20/h1-10,15,17-18,20,24-26H,11H2,(H2,21,22)/b7-6+/t15-,17-,18-,20-/m1/s1. The number of anilines is 1. The molecule has 0 unspecified atom stereocenters. The summed E-state index contributed by atoms with van der Waals surface area (Å²) < 4.78 is 7.31. The lowest BCUT2D eigenvalue weighted by atomic mass is 10.1. The number of aliphatic hydroxyl groups is 3. The summed E-state index contributed by atoms with van der Waals surface area (Å²) in [5.74, 6) is 0. The molecular weight excluding hydrogens is 346 g/mol. The van der Waals surface area contributed by atoms with Gasteiger partial charge in [0.25, 0.3) is 0 Å². The number of ether oxygens (including phenoxy) is 1. The fourth-order valence-electron chi connectivity index (χ4n) is 3.41. The first-order valence-corrected chi connectivity index (χ1v) is 8.70. The van der Waals surface area contributed by atoms with Crippen molar-refractivity contribution in [3.05, 3.63) is 59.9 Å². The Morgan fingerprint density at radius 1 is 1.11 bits per heavy atom. The summed E-state index contributed by atoms with van der Waals surface area (Å²) in [6, 6.07) is 11.6. The van der Waals surface area contributed by atoms with Crippen molar-refractivity contribution < 1.29 is 20.1 Å². The maximum Gasteiger partial charge on any atom is 0.164 e. The van der Waals surface area contributed by atoms with Crippen molar-refractivity contribution in [1.29, 1.82) is 0 Å². The second-order valence-electron chi connectivity index (χ2n) is 6.56. The molecule has 1 saturated heterocycles. The number of nitrogen functional groups attached to an aromatic ring is 1. The number of fused-ring (bicyclic) bond motifs is 1. The average molecular weight is 367 g/mol. The lowest BCUT2D eigenvalue weighted by Crippen LogP contribution is -2.33. The third kappa shape index (κ3) is 3.11. The van der Waals surface area contributed by atoms with E-state index in [0.717, 1.165) is 16.5 Å². The molecule has 7 nitrogen and oxygen atoms in total. The van der Waals surface area contributed by atoms with E-state index in [1.54, 1.807) is 23.0 Å². The molecule has 0 aliphatic carbocycles. The fraction of sp³-hybridized carbons (Fsp3) is 0.250. The Morgan fingerprint density at radius 3 is 2.59 bits per heavy atom. The summed E-state index contributed by atoms with van der Waals surface area (Å²) >= 11 is 0. The first-order chi connectivity index (χ1) is 13.1. The van der Waals surface area contributed by atoms with Gasteiger partial charge in [0.1, 0.15) is 24.0 Å². The van der Waals surface area contributed by atoms with Gasteiger partial charge < -0.3 is 30.4 Å². The van der Waals surface area contributed by atoms with E-state index >= 15 is 0 Å². The van der Waals surface area contributed by atoms with Crippen LogP contribution in [0.4, 0.5) is 5.69 Å². The molecule has 1 aliphatic heterocycles. The number of aliphatic hydroxyl groups excluding tert-OH is 3. The van der Waals surface area contributed by atoms with Gasteiger partial charge in [-0.15, -0.1) is 0 Å². The van der Waals surface area contributed by atoms with Crippen LogP contribution in [0.15, 0.2) is 48.8 Å². The maximum atomic E-state index is 10.4. The van der Waals surface area contributed by atoms with Crippen LogP contribution in [0.5, 0.6) is 0 Å². The quantitative estimate of drug-likeness (QED) is 0.554. The summed E-state index contributed by atoms with van der Waals surface area (Å²) in [5.41, 5.74) is 9.12. The van der Waals surface area contributed by atoms with Crippen LogP contribution in [0.25, 0.3) is 23.2 Å². The van der Waals surface area contributed by atoms with Crippen molar-refractivity contribution in [2.24, 2.45) is 0 Å². The second kappa shape index (κ2) is 7.13. The molecule has 1 aliphatic rings. The van der Waals surface area contributed by atoms with Gasteiger partial charge in [-0.2, -0.15) is 0 Å². The monoisotopic (exact) mass is 367 g/mol. The number of aromatic nitrogens is 2. The molecule has 0 spiro atoms. The maximum absolute atomic E-state index is 10.4. The Labute approximate surface area is 156 Å². The van der Waals surface area contributed by atoms with Gasteiger partial charge in [-0.3, -0.25) is 0 Å². The molecule has 5 N–H and O–H groups in total. The largest absolute Gasteiger partial charge is 0.398 e. The normalized spacial score (nSPS) is 25.6. The minimum Gasteiger partial charge on any atom is -0.398 e. The summed E-state index contributed by atoms with van der Waals surface area (Å²) in [5, 5.41) is 30.5. The van der Waals surface area contributed by atoms with E-state index < -0.39 is 24.5 Å². The number of nitrogens with zero attached hydrogens (tertiary/aromatic N) is 2. The van der Waals surface area contributed by atoms with Gasteiger partial charge in [0, 0.05) is 29.0 Å². The molecule has 7 heteroatoms. The minimum atomic E-state index is -1.19. The molecule has 3 aromatic rings. The van der Waals surface area contributed by atoms with Crippen molar-refractivity contribution in [3.63, 3.8) is 0 Å². The van der Waals surface area contributed by atoms with E-state index in [1.807, 2.05) is 42.5 Å². The fourth-order valence-corrected chi connectivity index (χ4v) is 3.41. The number of rotatable bonds is 4. The Balaban J connectivity index is 1.79. The van der Waals surface area contributed by atoms with Crippen molar-refractivity contribution >= 4 is 28.9 Å². The highest BCUT2D eigenvalue weighted by Gasteiger charge is 2.43. The highest BCUT2D eigenvalue weighted by molar-refractivity contribution is 5.98. The van der Waals surface area contributed by atoms with E-state index in [0.29, 0.717) is 11.3 Å². The summed E-state index contributed by atoms with van der Waals surface area (Å²) in [7, 11) is 0. The molecule has 1 aromatic carbocycles. The van der Waals surface area contributed by atoms with Gasteiger partial charge in [-0.1, -0.05) is 42.5 Å². The lowest BCUT2D eigenvalue weighted by Gasteiger charge is -2.17. The van der Waals surface area contributed by atoms with Crippen molar-refractivity contribution in [3.8, 4) is 0 Å². The predicted octanol–water partition coefficient (Wildman–Crippen LogP) is 1.40. The van der Waals surface area contributed by atoms with Gasteiger partial charge in [-0.05, 0) is 11.6 Å². The molecule has 0 bridgehead atoms. The van der Waals surface area contributed by atoms with Crippen molar-refractivity contribution in [2.75, 3.05) is 12.3 Å². The highest BCUT2D eigenvalue weighted by atomic mass is 16.6. The molecule has 140 valence electrons. The van der Waals surface area contributed by atoms with Crippen LogP contribution in [0.3, 0.4) is 0 Å². The zero-order chi connectivity index (χ0) is 19.0. The van der Waals surface area contributed by atoms with Crippen LogP contribution in [-0.2, 0) is 4.74 Å². The molecule has 2 aromatic heterocycles. The van der Waals surface area contributed by atoms with E-state index in [-0.39, 0.29) is 6.61 Å². The van der Waals surface area contributed by atoms with Crippen LogP contribution in [0, 0.1) is 0 Å². The number of nitrogens with two attached hydrogens (primary N) is 1. The summed E-state index contributed by atoms with van der Waals surface area (Å²) in [6.45, 7) is -0.385. The van der Waals surface area contributed by atoms with Gasteiger partial charge in [-0.25, -0.2) is 4.98 Å². The first kappa shape index (κ1) is 17.7. The predicted molar refractivity (Wildman–Crippen MR) is 103 cm³/mol. The van der Waals surface area contributed by atoms with Gasteiger partial charge in [0.05, 0.1) is 6.61 Å². The molecule has 0 saturated carbocycles. The van der Waals surface area contributed by atoms with Gasteiger partial charge >= 0.3 is 0 Å². The van der Waals surface area contributed by atoms with E-state index in [1.165, 1.54) is 0 Å². The molecule has 0 radical (unpaired) electrons. The van der Waals surface area contributed by atoms with Crippen LogP contribution in [0.1, 0.15) is 17.4 Å². The van der Waals surface area contributed by atoms with Gasteiger partial charge in [0.15, 0.2) is 6.23 Å². The molecule has 4 atom stereocenters. The Kier molecular flexibility index (Phi) is 4.67. The third-order valence-corrected chi connectivity index (χ3v) is 4.82.